The molecule has 2 saturated carbocycles. The van der Waals surface area contributed by atoms with Gasteiger partial charge in [-0.15, -0.1) is 0 Å². The van der Waals surface area contributed by atoms with Crippen molar-refractivity contribution in [2.45, 2.75) is 22.5 Å². The number of carbonyl (C=O) groups is 4. The van der Waals surface area contributed by atoms with Gasteiger partial charge >= 0.3 is 5.97 Å². The second kappa shape index (κ2) is 8.23. The number of amides is 2. The smallest absolute Gasteiger partial charge is 0.308 e. The van der Waals surface area contributed by atoms with Crippen molar-refractivity contribution < 1.29 is 23.9 Å². The number of likely N-dealkylation sites (tertiary alicyclic amines) is 1. The van der Waals surface area contributed by atoms with Crippen molar-refractivity contribution in [3.63, 3.8) is 0 Å². The molecule has 29 heavy (non-hydrogen) atoms. The third-order valence-corrected chi connectivity index (χ3v) is 9.88. The second-order valence-electron chi connectivity index (χ2n) is 7.67. The van der Waals surface area contributed by atoms with Crippen molar-refractivity contribution >= 4 is 71.4 Å². The number of carbonyl (C=O) groups excluding carboxylic acids is 4. The van der Waals surface area contributed by atoms with Gasteiger partial charge in [0.15, 0.2) is 12.4 Å². The molecular formula is C20H18Br3NO5. The lowest BCUT2D eigenvalue weighted by Crippen LogP contribution is -2.37. The van der Waals surface area contributed by atoms with Crippen LogP contribution in [0.2, 0.25) is 0 Å². The van der Waals surface area contributed by atoms with Crippen LogP contribution in [0.25, 0.3) is 0 Å². The van der Waals surface area contributed by atoms with Crippen LogP contribution in [0.1, 0.15) is 23.2 Å². The van der Waals surface area contributed by atoms with Gasteiger partial charge in [0.1, 0.15) is 0 Å². The van der Waals surface area contributed by atoms with Crippen molar-refractivity contribution in [3.8, 4) is 0 Å². The van der Waals surface area contributed by atoms with Crippen molar-refractivity contribution in [1.82, 2.24) is 4.90 Å². The van der Waals surface area contributed by atoms with Crippen LogP contribution in [-0.4, -0.2) is 51.3 Å². The molecular weight excluding hydrogens is 574 g/mol. The van der Waals surface area contributed by atoms with Crippen LogP contribution in [0.15, 0.2) is 28.7 Å². The van der Waals surface area contributed by atoms with Crippen LogP contribution < -0.4 is 0 Å². The van der Waals surface area contributed by atoms with Gasteiger partial charge in [0, 0.05) is 26.2 Å². The lowest BCUT2D eigenvalue weighted by Gasteiger charge is -2.28. The van der Waals surface area contributed by atoms with Gasteiger partial charge in [-0.3, -0.25) is 24.1 Å². The van der Waals surface area contributed by atoms with E-state index in [4.69, 9.17) is 4.74 Å². The first-order valence-electron chi connectivity index (χ1n) is 9.37. The third kappa shape index (κ3) is 3.74. The van der Waals surface area contributed by atoms with Gasteiger partial charge in [0.2, 0.25) is 11.8 Å². The molecule has 2 bridgehead atoms. The fourth-order valence-electron chi connectivity index (χ4n) is 4.77. The average Bonchev–Trinajstić information content (AvgIpc) is 3.30. The van der Waals surface area contributed by atoms with E-state index in [2.05, 4.69) is 47.8 Å². The molecule has 1 aromatic rings. The Morgan fingerprint density at radius 3 is 2.10 bits per heavy atom. The molecule has 2 amide bonds. The highest BCUT2D eigenvalue weighted by Crippen LogP contribution is 2.60. The maximum Gasteiger partial charge on any atom is 0.308 e. The van der Waals surface area contributed by atoms with Gasteiger partial charge in [0.25, 0.3) is 0 Å². The highest BCUT2D eigenvalue weighted by atomic mass is 79.9. The highest BCUT2D eigenvalue weighted by molar-refractivity contribution is 9.12. The Morgan fingerprint density at radius 2 is 1.55 bits per heavy atom. The van der Waals surface area contributed by atoms with E-state index < -0.39 is 5.97 Å². The number of imide groups is 1. The molecule has 4 rings (SSSR count). The van der Waals surface area contributed by atoms with Crippen LogP contribution in [0.3, 0.4) is 0 Å². The molecule has 0 radical (unpaired) electrons. The van der Waals surface area contributed by atoms with E-state index in [-0.39, 0.29) is 70.5 Å². The molecule has 6 nitrogen and oxygen atoms in total. The van der Waals surface area contributed by atoms with Gasteiger partial charge in [-0.2, -0.15) is 0 Å². The molecule has 1 aliphatic heterocycles. The van der Waals surface area contributed by atoms with E-state index in [1.54, 1.807) is 24.3 Å². The van der Waals surface area contributed by atoms with Gasteiger partial charge in [-0.05, 0) is 30.4 Å². The van der Waals surface area contributed by atoms with E-state index in [0.717, 1.165) is 10.9 Å². The highest BCUT2D eigenvalue weighted by Gasteiger charge is 2.66. The van der Waals surface area contributed by atoms with Crippen LogP contribution in [0.5, 0.6) is 0 Å². The van der Waals surface area contributed by atoms with Crippen LogP contribution >= 0.6 is 47.8 Å². The lowest BCUT2D eigenvalue weighted by molar-refractivity contribution is -0.145. The topological polar surface area (TPSA) is 80.8 Å². The molecule has 9 heteroatoms. The number of hydrogen-bond acceptors (Lipinski definition) is 5. The minimum absolute atomic E-state index is 0.00464. The molecule has 2 aliphatic carbocycles. The summed E-state index contributed by atoms with van der Waals surface area (Å²) in [5.74, 6) is -1.58. The Labute approximate surface area is 193 Å². The fourth-order valence-corrected chi connectivity index (χ4v) is 6.91. The zero-order valence-corrected chi connectivity index (χ0v) is 20.0. The van der Waals surface area contributed by atoms with Gasteiger partial charge in [0.05, 0.1) is 18.3 Å². The number of ether oxygens (including phenoxy) is 1. The Hall–Kier alpha value is -1.06. The average molecular weight is 592 g/mol. The fraction of sp³-hybridized carbons (Fsp3) is 0.500. The molecule has 1 aromatic carbocycles. The predicted octanol–water partition coefficient (Wildman–Crippen LogP) is 3.34. The molecule has 0 unspecified atom stereocenters. The summed E-state index contributed by atoms with van der Waals surface area (Å²) in [7, 11) is 0. The zero-order valence-electron chi connectivity index (χ0n) is 15.2. The standard InChI is InChI=1S/C20H18Br3NO5/c21-10-3-1-9(2-4-10)13(25)8-29-14(26)5-6-24-19(27)15-11-7-12(16(15)20(24)28)18(23)17(11)22/h1-4,11-12,15-18H,5-8H2/t11-,12-,15-,16-,17-,18+/m1/s1. The molecule has 1 saturated heterocycles. The molecule has 154 valence electrons. The summed E-state index contributed by atoms with van der Waals surface area (Å²) < 4.78 is 5.89. The number of Topliss-reactive ketones (excluding diaryl/α,β-unsaturated/α-hetero) is 1. The Bertz CT molecular complexity index is 841. The minimum Gasteiger partial charge on any atom is -0.457 e. The lowest BCUT2D eigenvalue weighted by atomic mass is 9.81. The van der Waals surface area contributed by atoms with Crippen molar-refractivity contribution in [3.05, 3.63) is 34.3 Å². The summed E-state index contributed by atoms with van der Waals surface area (Å²) in [6.07, 6.45) is 0.752. The molecule has 1 heterocycles. The van der Waals surface area contributed by atoms with Gasteiger partial charge in [-0.25, -0.2) is 0 Å². The van der Waals surface area contributed by atoms with E-state index in [1.165, 1.54) is 4.90 Å². The second-order valence-corrected chi connectivity index (χ2v) is 10.7. The molecule has 0 aromatic heterocycles. The number of nitrogens with zero attached hydrogens (tertiary/aromatic N) is 1. The number of ketones is 1. The predicted molar refractivity (Wildman–Crippen MR) is 115 cm³/mol. The quantitative estimate of drug-likeness (QED) is 0.219. The molecule has 0 N–H and O–H groups in total. The van der Waals surface area contributed by atoms with Crippen LogP contribution in [0.4, 0.5) is 0 Å². The van der Waals surface area contributed by atoms with E-state index in [0.29, 0.717) is 5.56 Å². The normalized spacial score (nSPS) is 32.6. The summed E-state index contributed by atoms with van der Waals surface area (Å²) in [4.78, 5) is 51.3. The first kappa shape index (κ1) is 21.2. The Morgan fingerprint density at radius 1 is 1.00 bits per heavy atom. The maximum absolute atomic E-state index is 12.8. The number of rotatable bonds is 6. The number of fused-ring (bicyclic) bond motifs is 5. The number of esters is 1. The monoisotopic (exact) mass is 589 g/mol. The van der Waals surface area contributed by atoms with Crippen molar-refractivity contribution in [2.24, 2.45) is 23.7 Å². The SMILES string of the molecule is O=C(CCN1C(=O)[C@@H]2[C@H]3C[C@@H]([C@@H](Br)[C@H]3Br)[C@H]2C1=O)OCC(=O)c1ccc(Br)cc1. The maximum atomic E-state index is 12.8. The van der Waals surface area contributed by atoms with Crippen molar-refractivity contribution in [1.29, 1.82) is 0 Å². The minimum atomic E-state index is -0.604. The van der Waals surface area contributed by atoms with Crippen molar-refractivity contribution in [2.75, 3.05) is 13.2 Å². The first-order chi connectivity index (χ1) is 13.8. The Balaban J connectivity index is 1.30. The summed E-state index contributed by atoms with van der Waals surface area (Å²) in [6.45, 7) is -0.371. The van der Waals surface area contributed by atoms with Crippen LogP contribution in [-0.2, 0) is 19.1 Å². The van der Waals surface area contributed by atoms with E-state index in [1.807, 2.05) is 0 Å². The number of alkyl halides is 2. The summed E-state index contributed by atoms with van der Waals surface area (Å²) in [5, 5.41) is 0. The molecule has 3 fully saturated rings. The summed E-state index contributed by atoms with van der Waals surface area (Å²) in [6, 6.07) is 6.75. The molecule has 6 atom stereocenters. The number of halogens is 3. The van der Waals surface area contributed by atoms with Crippen LogP contribution in [0, 0.1) is 23.7 Å². The first-order valence-corrected chi connectivity index (χ1v) is 12.0. The van der Waals surface area contributed by atoms with E-state index >= 15 is 0 Å². The Kier molecular flexibility index (Phi) is 6.01. The van der Waals surface area contributed by atoms with Gasteiger partial charge in [-0.1, -0.05) is 59.9 Å². The van der Waals surface area contributed by atoms with Gasteiger partial charge < -0.3 is 4.74 Å². The largest absolute Gasteiger partial charge is 0.457 e. The summed E-state index contributed by atoms with van der Waals surface area (Å²) in [5.41, 5.74) is 0.447. The zero-order chi connectivity index (χ0) is 20.9. The number of benzene rings is 1. The molecule has 3 aliphatic rings. The third-order valence-electron chi connectivity index (χ3n) is 6.15. The molecule has 0 spiro atoms. The summed E-state index contributed by atoms with van der Waals surface area (Å²) >= 11 is 10.6. The van der Waals surface area contributed by atoms with E-state index in [9.17, 15) is 19.2 Å². The number of hydrogen-bond donors (Lipinski definition) is 0.